The number of sulfonamides is 1. The van der Waals surface area contributed by atoms with E-state index in [1.807, 2.05) is 0 Å². The molecule has 1 aromatic heterocycles. The first-order valence-corrected chi connectivity index (χ1v) is 7.44. The number of aromatic nitrogens is 1. The van der Waals surface area contributed by atoms with Gasteiger partial charge in [0.1, 0.15) is 5.00 Å². The van der Waals surface area contributed by atoms with E-state index in [-0.39, 0.29) is 0 Å². The topological polar surface area (TPSA) is 62.3 Å². The SMILES string of the molecule is CS(=O)(=O)Nc1ncc(N2CCCC2)s1. The third-order valence-electron chi connectivity index (χ3n) is 2.18. The molecule has 0 amide bonds. The second-order valence-corrected chi connectivity index (χ2v) is 6.33. The minimum Gasteiger partial charge on any atom is -0.362 e. The van der Waals surface area contributed by atoms with Gasteiger partial charge in [-0.05, 0) is 12.8 Å². The maximum absolute atomic E-state index is 11.0. The summed E-state index contributed by atoms with van der Waals surface area (Å²) in [5.41, 5.74) is 0. The van der Waals surface area contributed by atoms with E-state index >= 15 is 0 Å². The quantitative estimate of drug-likeness (QED) is 0.869. The van der Waals surface area contributed by atoms with E-state index in [9.17, 15) is 8.42 Å². The lowest BCUT2D eigenvalue weighted by molar-refractivity contribution is 0.607. The van der Waals surface area contributed by atoms with E-state index in [0.29, 0.717) is 5.13 Å². The van der Waals surface area contributed by atoms with Gasteiger partial charge in [-0.1, -0.05) is 11.3 Å². The Kier molecular flexibility index (Phi) is 2.83. The number of anilines is 2. The Balaban J connectivity index is 2.10. The molecular weight excluding hydrogens is 234 g/mol. The highest BCUT2D eigenvalue weighted by Crippen LogP contribution is 2.29. The lowest BCUT2D eigenvalue weighted by atomic mass is 10.4. The summed E-state index contributed by atoms with van der Waals surface area (Å²) in [7, 11) is -3.21. The van der Waals surface area contributed by atoms with Crippen LogP contribution in [0.3, 0.4) is 0 Å². The lowest BCUT2D eigenvalue weighted by Gasteiger charge is -2.12. The predicted octanol–water partition coefficient (Wildman–Crippen LogP) is 1.11. The number of nitrogens with one attached hydrogen (secondary N) is 1. The first kappa shape index (κ1) is 10.7. The second-order valence-electron chi connectivity index (χ2n) is 3.57. The largest absolute Gasteiger partial charge is 0.362 e. The van der Waals surface area contributed by atoms with E-state index in [2.05, 4.69) is 14.6 Å². The third kappa shape index (κ3) is 2.82. The van der Waals surface area contributed by atoms with Gasteiger partial charge in [0.25, 0.3) is 0 Å². The van der Waals surface area contributed by atoms with Crippen molar-refractivity contribution < 1.29 is 8.42 Å². The number of rotatable bonds is 3. The summed E-state index contributed by atoms with van der Waals surface area (Å²) in [6.07, 6.45) is 5.26. The minimum absolute atomic E-state index is 0.444. The van der Waals surface area contributed by atoms with Crippen LogP contribution in [0.15, 0.2) is 6.20 Å². The minimum atomic E-state index is -3.21. The van der Waals surface area contributed by atoms with Crippen LogP contribution in [-0.2, 0) is 10.0 Å². The van der Waals surface area contributed by atoms with Crippen LogP contribution < -0.4 is 9.62 Å². The van der Waals surface area contributed by atoms with Crippen molar-refractivity contribution in [3.63, 3.8) is 0 Å². The summed E-state index contributed by atoms with van der Waals surface area (Å²) in [5, 5.41) is 1.48. The zero-order valence-electron chi connectivity index (χ0n) is 8.43. The summed E-state index contributed by atoms with van der Waals surface area (Å²) in [4.78, 5) is 6.26. The van der Waals surface area contributed by atoms with Gasteiger partial charge in [-0.3, -0.25) is 4.72 Å². The summed E-state index contributed by atoms with van der Waals surface area (Å²) < 4.78 is 24.3. The third-order valence-corrected chi connectivity index (χ3v) is 3.85. The van der Waals surface area contributed by atoms with Crippen molar-refractivity contribution in [1.82, 2.24) is 4.98 Å². The Bertz CT molecular complexity index is 434. The molecule has 2 heterocycles. The van der Waals surface area contributed by atoms with Gasteiger partial charge in [0.15, 0.2) is 5.13 Å². The van der Waals surface area contributed by atoms with Crippen LogP contribution >= 0.6 is 11.3 Å². The molecule has 7 heteroatoms. The van der Waals surface area contributed by atoms with Crippen molar-refractivity contribution in [3.05, 3.63) is 6.20 Å². The molecule has 0 saturated carbocycles. The van der Waals surface area contributed by atoms with Gasteiger partial charge in [0.05, 0.1) is 12.5 Å². The normalized spacial score (nSPS) is 17.0. The van der Waals surface area contributed by atoms with Crippen molar-refractivity contribution in [2.24, 2.45) is 0 Å². The Labute approximate surface area is 93.2 Å². The fraction of sp³-hybridized carbons (Fsp3) is 0.625. The average Bonchev–Trinajstić information content (AvgIpc) is 2.68. The average molecular weight is 247 g/mol. The van der Waals surface area contributed by atoms with Gasteiger partial charge < -0.3 is 4.90 Å². The molecule has 5 nitrogen and oxygen atoms in total. The van der Waals surface area contributed by atoms with Gasteiger partial charge in [-0.25, -0.2) is 13.4 Å². The summed E-state index contributed by atoms with van der Waals surface area (Å²) >= 11 is 1.38. The van der Waals surface area contributed by atoms with Crippen LogP contribution in [0, 0.1) is 0 Å². The Morgan fingerprint density at radius 3 is 2.73 bits per heavy atom. The molecule has 0 aliphatic carbocycles. The van der Waals surface area contributed by atoms with E-state index in [1.54, 1.807) is 6.20 Å². The summed E-state index contributed by atoms with van der Waals surface area (Å²) in [6, 6.07) is 0. The number of thiazole rings is 1. The van der Waals surface area contributed by atoms with Crippen LogP contribution in [0.4, 0.5) is 10.1 Å². The molecule has 0 unspecified atom stereocenters. The molecule has 0 aromatic carbocycles. The zero-order valence-corrected chi connectivity index (χ0v) is 10.1. The fourth-order valence-electron chi connectivity index (χ4n) is 1.56. The second kappa shape index (κ2) is 3.97. The molecular formula is C8H13N3O2S2. The first-order chi connectivity index (χ1) is 7.04. The molecule has 1 aromatic rings. The Morgan fingerprint density at radius 2 is 2.13 bits per heavy atom. The van der Waals surface area contributed by atoms with Crippen molar-refractivity contribution in [3.8, 4) is 0 Å². The Morgan fingerprint density at radius 1 is 1.47 bits per heavy atom. The number of hydrogen-bond donors (Lipinski definition) is 1. The van der Waals surface area contributed by atoms with Crippen LogP contribution in [0.25, 0.3) is 0 Å². The lowest BCUT2D eigenvalue weighted by Crippen LogP contribution is -2.15. The molecule has 1 aliphatic rings. The van der Waals surface area contributed by atoms with E-state index in [1.165, 1.54) is 24.2 Å². The van der Waals surface area contributed by atoms with Gasteiger partial charge >= 0.3 is 0 Å². The van der Waals surface area contributed by atoms with Crippen LogP contribution in [0.2, 0.25) is 0 Å². The van der Waals surface area contributed by atoms with Crippen molar-refractivity contribution in [2.45, 2.75) is 12.8 Å². The maximum Gasteiger partial charge on any atom is 0.231 e. The molecule has 1 fully saturated rings. The Hall–Kier alpha value is -0.820. The van der Waals surface area contributed by atoms with Gasteiger partial charge in [-0.2, -0.15) is 0 Å². The van der Waals surface area contributed by atoms with Gasteiger partial charge in [-0.15, -0.1) is 0 Å². The van der Waals surface area contributed by atoms with Crippen LogP contribution in [0.5, 0.6) is 0 Å². The highest BCUT2D eigenvalue weighted by atomic mass is 32.2. The molecule has 1 N–H and O–H groups in total. The van der Waals surface area contributed by atoms with Crippen molar-refractivity contribution in [2.75, 3.05) is 29.0 Å². The maximum atomic E-state index is 11.0. The highest BCUT2D eigenvalue weighted by Gasteiger charge is 2.15. The monoisotopic (exact) mass is 247 g/mol. The molecule has 15 heavy (non-hydrogen) atoms. The first-order valence-electron chi connectivity index (χ1n) is 4.73. The smallest absolute Gasteiger partial charge is 0.231 e. The highest BCUT2D eigenvalue weighted by molar-refractivity contribution is 7.92. The molecule has 1 aliphatic heterocycles. The standard InChI is InChI=1S/C8H13N3O2S2/c1-15(12,13)10-8-9-6-7(14-8)11-4-2-3-5-11/h6H,2-5H2,1H3,(H,9,10). The molecule has 0 bridgehead atoms. The predicted molar refractivity (Wildman–Crippen MR) is 62.0 cm³/mol. The molecule has 1 saturated heterocycles. The number of hydrogen-bond acceptors (Lipinski definition) is 5. The zero-order chi connectivity index (χ0) is 10.9. The van der Waals surface area contributed by atoms with Crippen LogP contribution in [0.1, 0.15) is 12.8 Å². The molecule has 0 atom stereocenters. The molecule has 0 radical (unpaired) electrons. The number of nitrogens with zero attached hydrogens (tertiary/aromatic N) is 2. The van der Waals surface area contributed by atoms with E-state index < -0.39 is 10.0 Å². The molecule has 0 spiro atoms. The molecule has 2 rings (SSSR count). The van der Waals surface area contributed by atoms with E-state index in [4.69, 9.17) is 0 Å². The van der Waals surface area contributed by atoms with E-state index in [0.717, 1.165) is 24.3 Å². The molecule has 84 valence electrons. The van der Waals surface area contributed by atoms with Gasteiger partial charge in [0.2, 0.25) is 10.0 Å². The van der Waals surface area contributed by atoms with Gasteiger partial charge in [0, 0.05) is 13.1 Å². The fourth-order valence-corrected chi connectivity index (χ4v) is 3.27. The van der Waals surface area contributed by atoms with Crippen molar-refractivity contribution >= 4 is 31.5 Å². The van der Waals surface area contributed by atoms with Crippen molar-refractivity contribution in [1.29, 1.82) is 0 Å². The summed E-state index contributed by atoms with van der Waals surface area (Å²) in [5.74, 6) is 0. The van der Waals surface area contributed by atoms with Crippen LogP contribution in [-0.4, -0.2) is 32.7 Å². The summed E-state index contributed by atoms with van der Waals surface area (Å²) in [6.45, 7) is 2.08.